The normalized spacial score (nSPS) is 9.80. The first-order valence-corrected chi connectivity index (χ1v) is 6.39. The topological polar surface area (TPSA) is 84.0 Å². The predicted octanol–water partition coefficient (Wildman–Crippen LogP) is 3.07. The number of nitriles is 1. The number of hydrogen-bond acceptors (Lipinski definition) is 5. The Morgan fingerprint density at radius 2 is 2.00 bits per heavy atom. The smallest absolute Gasteiger partial charge is 0.165 e. The van der Waals surface area contributed by atoms with Crippen LogP contribution in [0.1, 0.15) is 19.0 Å². The van der Waals surface area contributed by atoms with E-state index >= 15 is 0 Å². The van der Waals surface area contributed by atoms with Gasteiger partial charge in [0.2, 0.25) is 0 Å². The molecule has 0 bridgehead atoms. The van der Waals surface area contributed by atoms with Crippen LogP contribution in [-0.2, 0) is 0 Å². The molecular formula is C15H16N4O. The number of hydrogen-bond donors (Lipinski definition) is 2. The molecule has 0 amide bonds. The van der Waals surface area contributed by atoms with E-state index in [-0.39, 0.29) is 5.69 Å². The van der Waals surface area contributed by atoms with Gasteiger partial charge in [-0.25, -0.2) is 4.98 Å². The quantitative estimate of drug-likeness (QED) is 0.870. The van der Waals surface area contributed by atoms with Crippen molar-refractivity contribution >= 4 is 17.2 Å². The summed E-state index contributed by atoms with van der Waals surface area (Å²) in [6.07, 6.45) is 0.978. The van der Waals surface area contributed by atoms with Gasteiger partial charge in [-0.05, 0) is 42.8 Å². The molecule has 0 aliphatic rings. The highest BCUT2D eigenvalue weighted by Gasteiger charge is 2.02. The molecule has 0 spiro atoms. The summed E-state index contributed by atoms with van der Waals surface area (Å²) in [7, 11) is 0. The third-order valence-corrected chi connectivity index (χ3v) is 2.63. The lowest BCUT2D eigenvalue weighted by molar-refractivity contribution is 0.317. The molecule has 0 saturated heterocycles. The van der Waals surface area contributed by atoms with E-state index in [9.17, 15) is 0 Å². The Bertz CT molecular complexity index is 617. The van der Waals surface area contributed by atoms with E-state index in [1.54, 1.807) is 12.1 Å². The molecule has 0 aliphatic carbocycles. The highest BCUT2D eigenvalue weighted by Crippen LogP contribution is 2.20. The molecule has 0 aliphatic heterocycles. The fraction of sp³-hybridized carbons (Fsp3) is 0.200. The lowest BCUT2D eigenvalue weighted by atomic mass is 10.3. The van der Waals surface area contributed by atoms with E-state index in [2.05, 4.69) is 17.2 Å². The first kappa shape index (κ1) is 13.7. The Balaban J connectivity index is 2.08. The summed E-state index contributed by atoms with van der Waals surface area (Å²) in [6, 6.07) is 12.9. The Morgan fingerprint density at radius 1 is 1.25 bits per heavy atom. The van der Waals surface area contributed by atoms with Gasteiger partial charge in [0.05, 0.1) is 12.3 Å². The molecule has 102 valence electrons. The fourth-order valence-electron chi connectivity index (χ4n) is 1.63. The Kier molecular flexibility index (Phi) is 4.40. The SMILES string of the molecule is CCCOc1ccc(Nc2ccc(N)c(C#N)n2)cc1. The van der Waals surface area contributed by atoms with Crippen LogP contribution in [0, 0.1) is 11.3 Å². The molecule has 3 N–H and O–H groups in total. The van der Waals surface area contributed by atoms with Crippen LogP contribution in [-0.4, -0.2) is 11.6 Å². The van der Waals surface area contributed by atoms with Gasteiger partial charge in [0.15, 0.2) is 5.69 Å². The van der Waals surface area contributed by atoms with Crippen molar-refractivity contribution in [1.82, 2.24) is 4.98 Å². The van der Waals surface area contributed by atoms with Crippen molar-refractivity contribution in [2.75, 3.05) is 17.7 Å². The van der Waals surface area contributed by atoms with Gasteiger partial charge in [0.1, 0.15) is 17.6 Å². The summed E-state index contributed by atoms with van der Waals surface area (Å²) < 4.78 is 5.51. The van der Waals surface area contributed by atoms with Crippen molar-refractivity contribution < 1.29 is 4.74 Å². The maximum absolute atomic E-state index is 8.89. The average Bonchev–Trinajstić information content (AvgIpc) is 2.48. The van der Waals surface area contributed by atoms with Crippen LogP contribution < -0.4 is 15.8 Å². The Morgan fingerprint density at radius 3 is 2.65 bits per heavy atom. The second-order valence-corrected chi connectivity index (χ2v) is 4.24. The van der Waals surface area contributed by atoms with Crippen LogP contribution in [0.5, 0.6) is 5.75 Å². The van der Waals surface area contributed by atoms with Crippen molar-refractivity contribution in [2.24, 2.45) is 0 Å². The van der Waals surface area contributed by atoms with Crippen molar-refractivity contribution in [1.29, 1.82) is 5.26 Å². The molecule has 20 heavy (non-hydrogen) atoms. The number of benzene rings is 1. The van der Waals surface area contributed by atoms with Gasteiger partial charge in [-0.1, -0.05) is 6.92 Å². The third-order valence-electron chi connectivity index (χ3n) is 2.63. The zero-order chi connectivity index (χ0) is 14.4. The number of aromatic nitrogens is 1. The van der Waals surface area contributed by atoms with Crippen LogP contribution in [0.2, 0.25) is 0 Å². The van der Waals surface area contributed by atoms with Gasteiger partial charge in [-0.3, -0.25) is 0 Å². The van der Waals surface area contributed by atoms with Gasteiger partial charge in [0.25, 0.3) is 0 Å². The number of ether oxygens (including phenoxy) is 1. The summed E-state index contributed by atoms with van der Waals surface area (Å²) in [4.78, 5) is 4.13. The van der Waals surface area contributed by atoms with Crippen LogP contribution >= 0.6 is 0 Å². The maximum atomic E-state index is 8.89. The van der Waals surface area contributed by atoms with E-state index < -0.39 is 0 Å². The summed E-state index contributed by atoms with van der Waals surface area (Å²) >= 11 is 0. The molecule has 2 aromatic rings. The molecule has 1 aromatic heterocycles. The average molecular weight is 268 g/mol. The van der Waals surface area contributed by atoms with Gasteiger partial charge >= 0.3 is 0 Å². The van der Waals surface area contributed by atoms with Gasteiger partial charge < -0.3 is 15.8 Å². The van der Waals surface area contributed by atoms with Gasteiger partial charge in [-0.15, -0.1) is 0 Å². The summed E-state index contributed by atoms with van der Waals surface area (Å²) in [5, 5.41) is 12.0. The van der Waals surface area contributed by atoms with E-state index in [1.807, 2.05) is 30.3 Å². The number of rotatable bonds is 5. The largest absolute Gasteiger partial charge is 0.494 e. The number of nitrogens with one attached hydrogen (secondary N) is 1. The minimum absolute atomic E-state index is 0.220. The summed E-state index contributed by atoms with van der Waals surface area (Å²) in [6.45, 7) is 2.77. The third kappa shape index (κ3) is 3.39. The van der Waals surface area contributed by atoms with E-state index in [0.717, 1.165) is 17.9 Å². The highest BCUT2D eigenvalue weighted by atomic mass is 16.5. The lowest BCUT2D eigenvalue weighted by Gasteiger charge is -2.08. The van der Waals surface area contributed by atoms with E-state index in [0.29, 0.717) is 18.1 Å². The molecule has 0 atom stereocenters. The highest BCUT2D eigenvalue weighted by molar-refractivity contribution is 5.61. The molecule has 1 aromatic carbocycles. The Hall–Kier alpha value is -2.74. The first-order chi connectivity index (χ1) is 9.72. The molecule has 5 nitrogen and oxygen atoms in total. The number of anilines is 3. The second kappa shape index (κ2) is 6.43. The van der Waals surface area contributed by atoms with Gasteiger partial charge in [-0.2, -0.15) is 5.26 Å². The molecule has 0 saturated carbocycles. The minimum atomic E-state index is 0.220. The number of nitrogens with two attached hydrogens (primary N) is 1. The van der Waals surface area contributed by atoms with E-state index in [4.69, 9.17) is 15.7 Å². The monoisotopic (exact) mass is 268 g/mol. The van der Waals surface area contributed by atoms with Crippen LogP contribution in [0.4, 0.5) is 17.2 Å². The van der Waals surface area contributed by atoms with E-state index in [1.165, 1.54) is 0 Å². The first-order valence-electron chi connectivity index (χ1n) is 6.39. The maximum Gasteiger partial charge on any atom is 0.165 e. The molecule has 5 heteroatoms. The Labute approximate surface area is 118 Å². The molecule has 0 fully saturated rings. The van der Waals surface area contributed by atoms with Crippen molar-refractivity contribution in [3.05, 3.63) is 42.1 Å². The van der Waals surface area contributed by atoms with Crippen molar-refractivity contribution in [3.63, 3.8) is 0 Å². The molecule has 0 radical (unpaired) electrons. The second-order valence-electron chi connectivity index (χ2n) is 4.24. The van der Waals surface area contributed by atoms with Crippen LogP contribution in [0.15, 0.2) is 36.4 Å². The summed E-state index contributed by atoms with van der Waals surface area (Å²) in [5.41, 5.74) is 7.10. The molecule has 1 heterocycles. The predicted molar refractivity (Wildman–Crippen MR) is 78.9 cm³/mol. The molecule has 2 rings (SSSR count). The zero-order valence-electron chi connectivity index (χ0n) is 11.3. The van der Waals surface area contributed by atoms with Crippen molar-refractivity contribution in [2.45, 2.75) is 13.3 Å². The summed E-state index contributed by atoms with van der Waals surface area (Å²) in [5.74, 6) is 1.42. The number of nitrogens with zero attached hydrogens (tertiary/aromatic N) is 2. The standard InChI is InChI=1S/C15H16N4O/c1-2-9-20-12-5-3-11(4-6-12)18-15-8-7-13(17)14(10-16)19-15/h3-8H,2,9,17H2,1H3,(H,18,19). The van der Waals surface area contributed by atoms with Crippen molar-refractivity contribution in [3.8, 4) is 11.8 Å². The number of nitrogen functional groups attached to an aromatic ring is 1. The lowest BCUT2D eigenvalue weighted by Crippen LogP contribution is -1.99. The number of pyridine rings is 1. The minimum Gasteiger partial charge on any atom is -0.494 e. The molecular weight excluding hydrogens is 252 g/mol. The van der Waals surface area contributed by atoms with Crippen LogP contribution in [0.25, 0.3) is 0 Å². The van der Waals surface area contributed by atoms with Gasteiger partial charge in [0, 0.05) is 5.69 Å². The molecule has 0 unspecified atom stereocenters. The zero-order valence-corrected chi connectivity index (χ0v) is 11.3. The fourth-order valence-corrected chi connectivity index (χ4v) is 1.63. The van der Waals surface area contributed by atoms with Crippen LogP contribution in [0.3, 0.4) is 0 Å².